The molecule has 2 unspecified atom stereocenters. The number of rotatable bonds is 2. The van der Waals surface area contributed by atoms with E-state index in [9.17, 15) is 4.39 Å². The zero-order valence-electron chi connectivity index (χ0n) is 12.0. The lowest BCUT2D eigenvalue weighted by Gasteiger charge is -2.46. The van der Waals surface area contributed by atoms with Crippen LogP contribution >= 0.6 is 11.6 Å². The van der Waals surface area contributed by atoms with Gasteiger partial charge in [0.1, 0.15) is 5.82 Å². The first-order valence-corrected chi connectivity index (χ1v) is 7.30. The van der Waals surface area contributed by atoms with Gasteiger partial charge in [-0.25, -0.2) is 4.39 Å². The van der Waals surface area contributed by atoms with E-state index in [-0.39, 0.29) is 21.8 Å². The van der Waals surface area contributed by atoms with Gasteiger partial charge in [0.15, 0.2) is 0 Å². The van der Waals surface area contributed by atoms with Gasteiger partial charge in [-0.1, -0.05) is 38.4 Å². The number of hydrogen-bond donors (Lipinski definition) is 1. The molecule has 1 aliphatic carbocycles. The van der Waals surface area contributed by atoms with Crippen LogP contribution in [0.4, 0.5) is 4.39 Å². The van der Waals surface area contributed by atoms with Crippen LogP contribution in [0.25, 0.3) is 0 Å². The van der Waals surface area contributed by atoms with Gasteiger partial charge in [0.05, 0.1) is 5.02 Å². The molecular formula is C16H23ClFN. The Bertz CT molecular complexity index is 472. The molecule has 0 aromatic heterocycles. The third-order valence-electron chi connectivity index (χ3n) is 4.03. The van der Waals surface area contributed by atoms with Crippen LogP contribution in [0.5, 0.6) is 0 Å². The van der Waals surface area contributed by atoms with Gasteiger partial charge in [-0.2, -0.15) is 0 Å². The van der Waals surface area contributed by atoms with Gasteiger partial charge in [-0.15, -0.1) is 0 Å². The summed E-state index contributed by atoms with van der Waals surface area (Å²) in [6, 6.07) is 4.93. The molecule has 19 heavy (non-hydrogen) atoms. The second kappa shape index (κ2) is 5.06. The molecule has 1 nitrogen and oxygen atoms in total. The Morgan fingerprint density at radius 3 is 2.63 bits per heavy atom. The highest BCUT2D eigenvalue weighted by Crippen LogP contribution is 2.44. The SMILES string of the molecule is CC1CC(C)(C)CC(N)(Cc2ccc(F)c(Cl)c2)C1. The van der Waals surface area contributed by atoms with Crippen molar-refractivity contribution in [2.45, 2.75) is 52.0 Å². The minimum Gasteiger partial charge on any atom is -0.325 e. The Labute approximate surface area is 120 Å². The molecule has 0 spiro atoms. The average molecular weight is 284 g/mol. The van der Waals surface area contributed by atoms with E-state index in [1.807, 2.05) is 0 Å². The Kier molecular flexibility index (Phi) is 3.95. The van der Waals surface area contributed by atoms with Gasteiger partial charge in [-0.3, -0.25) is 0 Å². The fraction of sp³-hybridized carbons (Fsp3) is 0.625. The van der Waals surface area contributed by atoms with E-state index in [0.29, 0.717) is 5.92 Å². The summed E-state index contributed by atoms with van der Waals surface area (Å²) in [6.07, 6.45) is 4.00. The molecule has 0 radical (unpaired) electrons. The van der Waals surface area contributed by atoms with Crippen molar-refractivity contribution in [3.05, 3.63) is 34.6 Å². The van der Waals surface area contributed by atoms with Crippen LogP contribution in [-0.2, 0) is 6.42 Å². The molecule has 2 rings (SSSR count). The number of hydrogen-bond acceptors (Lipinski definition) is 1. The largest absolute Gasteiger partial charge is 0.325 e. The fourth-order valence-corrected chi connectivity index (χ4v) is 4.20. The zero-order chi connectivity index (χ0) is 14.3. The average Bonchev–Trinajstić information content (AvgIpc) is 2.19. The minimum absolute atomic E-state index is 0.184. The first kappa shape index (κ1) is 14.8. The van der Waals surface area contributed by atoms with Gasteiger partial charge in [0.2, 0.25) is 0 Å². The summed E-state index contributed by atoms with van der Waals surface area (Å²) in [5, 5.41) is 0.184. The maximum absolute atomic E-state index is 13.2. The highest BCUT2D eigenvalue weighted by molar-refractivity contribution is 6.30. The van der Waals surface area contributed by atoms with Crippen LogP contribution < -0.4 is 5.73 Å². The van der Waals surface area contributed by atoms with E-state index in [1.165, 1.54) is 12.5 Å². The third-order valence-corrected chi connectivity index (χ3v) is 4.32. The van der Waals surface area contributed by atoms with E-state index in [4.69, 9.17) is 17.3 Å². The summed E-state index contributed by atoms with van der Waals surface area (Å²) in [6.45, 7) is 6.82. The summed E-state index contributed by atoms with van der Waals surface area (Å²) >= 11 is 5.85. The molecule has 3 heteroatoms. The molecule has 0 amide bonds. The van der Waals surface area contributed by atoms with Gasteiger partial charge < -0.3 is 5.73 Å². The van der Waals surface area contributed by atoms with Gasteiger partial charge in [0.25, 0.3) is 0 Å². The first-order chi connectivity index (χ1) is 8.69. The second-order valence-corrected chi connectivity index (χ2v) is 7.55. The lowest BCUT2D eigenvalue weighted by atomic mass is 9.63. The molecule has 2 N–H and O–H groups in total. The van der Waals surface area contributed by atoms with Crippen LogP contribution in [0.1, 0.15) is 45.6 Å². The van der Waals surface area contributed by atoms with Crippen LogP contribution in [0.3, 0.4) is 0 Å². The molecule has 1 fully saturated rings. The van der Waals surface area contributed by atoms with E-state index in [2.05, 4.69) is 20.8 Å². The molecule has 2 atom stereocenters. The van der Waals surface area contributed by atoms with Crippen molar-refractivity contribution in [1.82, 2.24) is 0 Å². The Morgan fingerprint density at radius 2 is 2.05 bits per heavy atom. The smallest absolute Gasteiger partial charge is 0.141 e. The first-order valence-electron chi connectivity index (χ1n) is 6.92. The highest BCUT2D eigenvalue weighted by atomic mass is 35.5. The molecule has 0 aliphatic heterocycles. The maximum Gasteiger partial charge on any atom is 0.141 e. The molecule has 0 bridgehead atoms. The van der Waals surface area contributed by atoms with Crippen molar-refractivity contribution in [3.8, 4) is 0 Å². The van der Waals surface area contributed by atoms with Crippen molar-refractivity contribution in [1.29, 1.82) is 0 Å². The predicted octanol–water partition coefficient (Wildman–Crippen LogP) is 4.57. The number of nitrogens with two attached hydrogens (primary N) is 1. The van der Waals surface area contributed by atoms with Crippen molar-refractivity contribution in [2.24, 2.45) is 17.1 Å². The van der Waals surface area contributed by atoms with Crippen LogP contribution in [0.2, 0.25) is 5.02 Å². The van der Waals surface area contributed by atoms with E-state index in [0.717, 1.165) is 24.8 Å². The molecule has 106 valence electrons. The predicted molar refractivity (Wildman–Crippen MR) is 78.8 cm³/mol. The fourth-order valence-electron chi connectivity index (χ4n) is 4.00. The topological polar surface area (TPSA) is 26.0 Å². The maximum atomic E-state index is 13.2. The summed E-state index contributed by atoms with van der Waals surface area (Å²) in [5.41, 5.74) is 7.70. The molecular weight excluding hydrogens is 261 g/mol. The zero-order valence-corrected chi connectivity index (χ0v) is 12.7. The van der Waals surface area contributed by atoms with Crippen molar-refractivity contribution in [3.63, 3.8) is 0 Å². The molecule has 1 saturated carbocycles. The third kappa shape index (κ3) is 3.70. The monoisotopic (exact) mass is 283 g/mol. The molecule has 0 saturated heterocycles. The Balaban J connectivity index is 2.18. The van der Waals surface area contributed by atoms with Crippen LogP contribution in [0.15, 0.2) is 18.2 Å². The van der Waals surface area contributed by atoms with Gasteiger partial charge in [-0.05, 0) is 54.7 Å². The quantitative estimate of drug-likeness (QED) is 0.846. The summed E-state index contributed by atoms with van der Waals surface area (Å²) in [4.78, 5) is 0. The lowest BCUT2D eigenvalue weighted by Crippen LogP contribution is -2.50. The van der Waals surface area contributed by atoms with Gasteiger partial charge >= 0.3 is 0 Å². The standard InChI is InChI=1S/C16H23ClFN/c1-11-7-15(2,3)10-16(19,8-11)9-12-4-5-14(18)13(17)6-12/h4-6,11H,7-10,19H2,1-3H3. The summed E-state index contributed by atoms with van der Waals surface area (Å²) in [5.74, 6) is 0.263. The normalized spacial score (nSPS) is 30.3. The lowest BCUT2D eigenvalue weighted by molar-refractivity contribution is 0.108. The van der Waals surface area contributed by atoms with Crippen molar-refractivity contribution in [2.75, 3.05) is 0 Å². The highest BCUT2D eigenvalue weighted by Gasteiger charge is 2.40. The Hall–Kier alpha value is -0.600. The molecule has 1 aliphatic rings. The second-order valence-electron chi connectivity index (χ2n) is 7.14. The van der Waals surface area contributed by atoms with Crippen LogP contribution in [0, 0.1) is 17.2 Å². The van der Waals surface area contributed by atoms with Crippen molar-refractivity contribution >= 4 is 11.6 Å². The van der Waals surface area contributed by atoms with E-state index < -0.39 is 0 Å². The van der Waals surface area contributed by atoms with E-state index in [1.54, 1.807) is 12.1 Å². The summed E-state index contributed by atoms with van der Waals surface area (Å²) < 4.78 is 13.2. The number of halogens is 2. The van der Waals surface area contributed by atoms with E-state index >= 15 is 0 Å². The number of benzene rings is 1. The molecule has 1 aromatic rings. The minimum atomic E-state index is -0.367. The van der Waals surface area contributed by atoms with Gasteiger partial charge in [0, 0.05) is 5.54 Å². The molecule has 1 aromatic carbocycles. The van der Waals surface area contributed by atoms with Crippen molar-refractivity contribution < 1.29 is 4.39 Å². The van der Waals surface area contributed by atoms with Crippen LogP contribution in [-0.4, -0.2) is 5.54 Å². The summed E-state index contributed by atoms with van der Waals surface area (Å²) in [7, 11) is 0. The Morgan fingerprint density at radius 1 is 1.37 bits per heavy atom. The molecule has 0 heterocycles.